The van der Waals surface area contributed by atoms with Crippen LogP contribution in [0.2, 0.25) is 4.34 Å². The van der Waals surface area contributed by atoms with Crippen LogP contribution in [0.4, 0.5) is 27.1 Å². The van der Waals surface area contributed by atoms with Crippen LogP contribution in [0.3, 0.4) is 0 Å². The molecule has 1 spiro atoms. The van der Waals surface area contributed by atoms with Crippen LogP contribution in [0.15, 0.2) is 48.5 Å². The molecule has 0 bridgehead atoms. The third-order valence-corrected chi connectivity index (χ3v) is 14.3. The van der Waals surface area contributed by atoms with E-state index in [1.54, 1.807) is 17.4 Å². The van der Waals surface area contributed by atoms with Crippen LogP contribution < -0.4 is 20.4 Å². The number of nitrogens with zero attached hydrogens (tertiary/aromatic N) is 2. The summed E-state index contributed by atoms with van der Waals surface area (Å²) < 4.78 is 16.0. The molecule has 4 aromatic rings. The molecule has 59 heavy (non-hydrogen) atoms. The second-order valence-corrected chi connectivity index (χ2v) is 22.6. The van der Waals surface area contributed by atoms with E-state index in [-0.39, 0.29) is 39.3 Å². The van der Waals surface area contributed by atoms with Gasteiger partial charge in [0.2, 0.25) is 11.8 Å². The van der Waals surface area contributed by atoms with E-state index in [1.807, 2.05) is 12.1 Å². The molecule has 3 heterocycles. The Morgan fingerprint density at radius 2 is 1.27 bits per heavy atom. The smallest absolute Gasteiger partial charge is 0.224 e. The van der Waals surface area contributed by atoms with Crippen LogP contribution in [0, 0.1) is 50.3 Å². The minimum atomic E-state index is -0.169. The van der Waals surface area contributed by atoms with Crippen molar-refractivity contribution in [2.45, 2.75) is 139 Å². The number of halogens is 2. The largest absolute Gasteiger partial charge is 0.367 e. The van der Waals surface area contributed by atoms with Gasteiger partial charge in [0, 0.05) is 65.5 Å². The number of carbonyl (C=O) groups excluding carboxylic acids is 2. The molecule has 2 amide bonds. The second-order valence-electron chi connectivity index (χ2n) is 20.8. The zero-order chi connectivity index (χ0) is 42.8. The summed E-state index contributed by atoms with van der Waals surface area (Å²) in [6, 6.07) is 16.5. The van der Waals surface area contributed by atoms with Crippen molar-refractivity contribution in [2.24, 2.45) is 16.7 Å². The van der Waals surface area contributed by atoms with E-state index in [0.29, 0.717) is 25.3 Å². The van der Waals surface area contributed by atoms with Gasteiger partial charge >= 0.3 is 0 Å². The molecule has 7 rings (SSSR count). The maximum atomic E-state index is 15.2. The number of anilines is 4. The molecule has 316 valence electrons. The van der Waals surface area contributed by atoms with Crippen LogP contribution in [0.5, 0.6) is 0 Å². The quantitative estimate of drug-likeness (QED) is 0.186. The van der Waals surface area contributed by atoms with E-state index in [9.17, 15) is 9.59 Å². The standard InChI is InChI=1S/C50H64ClFN4O2S/c1-30-18-37(19-31(2)45(30)53-43(57)26-47(5,6)7)55-17-15-50(39-22-36(52)13-12-34(39)28-55)25-35(50)24-49(11)14-16-56(29-41-40(49)23-42(51)59-41)38-20-32(3)46(33(4)21-38)54-44(58)27-48(8,9)10/h12-13,18-23,35H,14-17,24-29H2,1-11H3,(H,53,57)(H,54,58). The second kappa shape index (κ2) is 15.9. The first-order valence-electron chi connectivity index (χ1n) is 21.4. The summed E-state index contributed by atoms with van der Waals surface area (Å²) in [5.74, 6) is 0.323. The molecule has 0 saturated heterocycles. The van der Waals surface area contributed by atoms with E-state index in [2.05, 4.69) is 127 Å². The summed E-state index contributed by atoms with van der Waals surface area (Å²) in [6.45, 7) is 26.5. The molecule has 3 aliphatic rings. The maximum absolute atomic E-state index is 15.2. The molecule has 9 heteroatoms. The summed E-state index contributed by atoms with van der Waals surface area (Å²) in [4.78, 5) is 32.0. The average molecular weight is 840 g/mol. The number of benzene rings is 3. The predicted octanol–water partition coefficient (Wildman–Crippen LogP) is 12.9. The van der Waals surface area contributed by atoms with E-state index < -0.39 is 0 Å². The first kappa shape index (κ1) is 43.2. The third kappa shape index (κ3) is 9.39. The number of nitrogens with one attached hydrogen (secondary N) is 2. The predicted molar refractivity (Wildman–Crippen MR) is 246 cm³/mol. The van der Waals surface area contributed by atoms with Crippen molar-refractivity contribution < 1.29 is 14.0 Å². The molecule has 3 unspecified atom stereocenters. The van der Waals surface area contributed by atoms with E-state index >= 15 is 4.39 Å². The topological polar surface area (TPSA) is 64.7 Å². The summed E-state index contributed by atoms with van der Waals surface area (Å²) in [5, 5.41) is 6.39. The molecule has 3 atom stereocenters. The van der Waals surface area contributed by atoms with E-state index in [0.717, 1.165) is 94.7 Å². The normalized spacial score (nSPS) is 21.7. The minimum Gasteiger partial charge on any atom is -0.367 e. The van der Waals surface area contributed by atoms with Crippen molar-refractivity contribution in [3.8, 4) is 0 Å². The van der Waals surface area contributed by atoms with Crippen molar-refractivity contribution >= 4 is 57.5 Å². The number of hydrogen-bond donors (Lipinski definition) is 2. The Kier molecular flexibility index (Phi) is 11.6. The number of fused-ring (bicyclic) bond motifs is 3. The summed E-state index contributed by atoms with van der Waals surface area (Å²) >= 11 is 8.53. The van der Waals surface area contributed by atoms with Gasteiger partial charge in [-0.25, -0.2) is 4.39 Å². The molecule has 6 nitrogen and oxygen atoms in total. The Hall–Kier alpha value is -3.88. The van der Waals surface area contributed by atoms with Crippen molar-refractivity contribution in [3.05, 3.63) is 103 Å². The lowest BCUT2D eigenvalue weighted by Gasteiger charge is -2.32. The average Bonchev–Trinajstić information content (AvgIpc) is 3.74. The van der Waals surface area contributed by atoms with Gasteiger partial charge < -0.3 is 20.4 Å². The zero-order valence-electron chi connectivity index (χ0n) is 37.1. The van der Waals surface area contributed by atoms with Crippen molar-refractivity contribution in [2.75, 3.05) is 33.5 Å². The van der Waals surface area contributed by atoms with Gasteiger partial charge in [0.1, 0.15) is 5.82 Å². The lowest BCUT2D eigenvalue weighted by Crippen LogP contribution is -2.29. The fraction of sp³-hybridized carbons (Fsp3) is 0.520. The molecule has 1 aliphatic carbocycles. The Morgan fingerprint density at radius 1 is 0.763 bits per heavy atom. The number of aryl methyl sites for hydroxylation is 4. The highest BCUT2D eigenvalue weighted by Gasteiger charge is 2.58. The van der Waals surface area contributed by atoms with Crippen molar-refractivity contribution in [1.82, 2.24) is 0 Å². The lowest BCUT2D eigenvalue weighted by atomic mass is 9.73. The summed E-state index contributed by atoms with van der Waals surface area (Å²) in [7, 11) is 0. The van der Waals surface area contributed by atoms with Crippen LogP contribution in [0.1, 0.15) is 131 Å². The fourth-order valence-corrected chi connectivity index (χ4v) is 11.6. The Balaban J connectivity index is 1.12. The highest BCUT2D eigenvalue weighted by molar-refractivity contribution is 7.16. The Bertz CT molecular complexity index is 2240. The molecular formula is C50H64ClFN4O2S. The molecule has 2 aliphatic heterocycles. The van der Waals surface area contributed by atoms with Gasteiger partial charge in [-0.1, -0.05) is 66.1 Å². The van der Waals surface area contributed by atoms with Crippen LogP contribution >= 0.6 is 22.9 Å². The summed E-state index contributed by atoms with van der Waals surface area (Å²) in [6.07, 6.45) is 4.90. The van der Waals surface area contributed by atoms with Gasteiger partial charge in [0.15, 0.2) is 0 Å². The zero-order valence-corrected chi connectivity index (χ0v) is 38.7. The molecular weight excluding hydrogens is 775 g/mol. The van der Waals surface area contributed by atoms with Crippen LogP contribution in [-0.2, 0) is 33.5 Å². The monoisotopic (exact) mass is 838 g/mol. The highest BCUT2D eigenvalue weighted by atomic mass is 35.5. The Morgan fingerprint density at radius 3 is 1.80 bits per heavy atom. The lowest BCUT2D eigenvalue weighted by molar-refractivity contribution is -0.118. The van der Waals surface area contributed by atoms with Crippen molar-refractivity contribution in [1.29, 1.82) is 0 Å². The molecule has 0 radical (unpaired) electrons. The number of amides is 2. The first-order valence-corrected chi connectivity index (χ1v) is 22.6. The van der Waals surface area contributed by atoms with Gasteiger partial charge in [-0.3, -0.25) is 9.59 Å². The van der Waals surface area contributed by atoms with Gasteiger partial charge in [0.25, 0.3) is 0 Å². The maximum Gasteiger partial charge on any atom is 0.224 e. The molecule has 1 saturated carbocycles. The number of rotatable bonds is 8. The SMILES string of the molecule is Cc1cc(N2CCC3(CC3CC3(C)CCN(c4cc(C)c(NC(=O)CC(C)(C)C)c(C)c4)Cc4sc(Cl)cc43)c3cc(F)ccc3C2)cc(C)c1NC(=O)CC(C)(C)C. The molecule has 1 aromatic heterocycles. The van der Waals surface area contributed by atoms with Crippen LogP contribution in [-0.4, -0.2) is 24.9 Å². The fourth-order valence-electron chi connectivity index (χ4n) is 10.1. The van der Waals surface area contributed by atoms with Gasteiger partial charge in [-0.2, -0.15) is 0 Å². The molecule has 3 aromatic carbocycles. The first-order chi connectivity index (χ1) is 27.5. The van der Waals surface area contributed by atoms with E-state index in [4.69, 9.17) is 11.6 Å². The van der Waals surface area contributed by atoms with Gasteiger partial charge in [-0.15, -0.1) is 11.3 Å². The highest BCUT2D eigenvalue weighted by Crippen LogP contribution is 2.63. The molecule has 2 N–H and O–H groups in total. The van der Waals surface area contributed by atoms with Crippen LogP contribution in [0.25, 0.3) is 0 Å². The number of hydrogen-bond acceptors (Lipinski definition) is 5. The van der Waals surface area contributed by atoms with Gasteiger partial charge in [-0.05, 0) is 157 Å². The van der Waals surface area contributed by atoms with Gasteiger partial charge in [0.05, 0.1) is 10.9 Å². The Labute approximate surface area is 361 Å². The molecule has 1 fully saturated rings. The summed E-state index contributed by atoms with van der Waals surface area (Å²) in [5.41, 5.74) is 11.7. The minimum absolute atomic E-state index is 0.0356. The van der Waals surface area contributed by atoms with E-state index in [1.165, 1.54) is 21.6 Å². The number of thiophene rings is 1. The number of carbonyl (C=O) groups is 2. The van der Waals surface area contributed by atoms with Crippen molar-refractivity contribution in [3.63, 3.8) is 0 Å². The third-order valence-electron chi connectivity index (χ3n) is 13.1.